The molecule has 0 saturated carbocycles. The van der Waals surface area contributed by atoms with Gasteiger partial charge in [0.15, 0.2) is 0 Å². The van der Waals surface area contributed by atoms with E-state index in [4.69, 9.17) is 0 Å². The third-order valence-electron chi connectivity index (χ3n) is 4.04. The number of hydrogen-bond donors (Lipinski definition) is 1. The molecule has 19 heavy (non-hydrogen) atoms. The van der Waals surface area contributed by atoms with Crippen LogP contribution in [0.4, 0.5) is 5.69 Å². The molecule has 1 aromatic heterocycles. The molecule has 1 saturated heterocycles. The van der Waals surface area contributed by atoms with Gasteiger partial charge in [-0.25, -0.2) is 0 Å². The highest BCUT2D eigenvalue weighted by molar-refractivity contribution is 5.82. The average molecular weight is 255 g/mol. The Morgan fingerprint density at radius 2 is 2.11 bits per heavy atom. The average Bonchev–Trinajstić information content (AvgIpc) is 2.46. The number of anilines is 1. The predicted molar refractivity (Wildman–Crippen MR) is 80.5 cm³/mol. The highest BCUT2D eigenvalue weighted by atomic mass is 15.1. The van der Waals surface area contributed by atoms with Crippen LogP contribution in [-0.4, -0.2) is 36.6 Å². The summed E-state index contributed by atoms with van der Waals surface area (Å²) in [7, 11) is 2.21. The van der Waals surface area contributed by atoms with Crippen molar-refractivity contribution >= 4 is 16.6 Å². The number of nitrogens with zero attached hydrogens (tertiary/aromatic N) is 2. The van der Waals surface area contributed by atoms with Crippen molar-refractivity contribution in [3.8, 4) is 0 Å². The summed E-state index contributed by atoms with van der Waals surface area (Å²) in [6.45, 7) is 3.54. The van der Waals surface area contributed by atoms with Gasteiger partial charge < -0.3 is 10.2 Å². The molecular weight excluding hydrogens is 234 g/mol. The van der Waals surface area contributed by atoms with E-state index in [1.807, 2.05) is 12.3 Å². The Bertz CT molecular complexity index is 544. The first-order valence-corrected chi connectivity index (χ1v) is 7.08. The first-order chi connectivity index (χ1) is 9.31. The molecule has 0 radical (unpaired) electrons. The molecule has 0 unspecified atom stereocenters. The molecule has 1 fully saturated rings. The fraction of sp³-hybridized carbons (Fsp3) is 0.438. The van der Waals surface area contributed by atoms with Crippen molar-refractivity contribution in [1.29, 1.82) is 0 Å². The Hall–Kier alpha value is -1.61. The van der Waals surface area contributed by atoms with Crippen LogP contribution in [0, 0.1) is 5.92 Å². The fourth-order valence-electron chi connectivity index (χ4n) is 2.71. The lowest BCUT2D eigenvalue weighted by molar-refractivity contribution is 0.226. The van der Waals surface area contributed by atoms with E-state index in [1.165, 1.54) is 37.0 Å². The van der Waals surface area contributed by atoms with Crippen molar-refractivity contribution in [1.82, 2.24) is 9.88 Å². The number of hydrogen-bond acceptors (Lipinski definition) is 3. The van der Waals surface area contributed by atoms with Gasteiger partial charge in [-0.05, 0) is 63.2 Å². The number of piperidine rings is 1. The zero-order valence-electron chi connectivity index (χ0n) is 11.5. The molecular formula is C16H21N3. The first kappa shape index (κ1) is 12.4. The van der Waals surface area contributed by atoms with Crippen molar-refractivity contribution in [2.75, 3.05) is 32.0 Å². The number of pyridine rings is 1. The molecule has 1 aromatic carbocycles. The largest absolute Gasteiger partial charge is 0.385 e. The van der Waals surface area contributed by atoms with Crippen molar-refractivity contribution in [2.45, 2.75) is 12.8 Å². The summed E-state index contributed by atoms with van der Waals surface area (Å²) >= 11 is 0. The number of aromatic nitrogens is 1. The smallest absolute Gasteiger partial charge is 0.0703 e. The maximum Gasteiger partial charge on any atom is 0.0703 e. The van der Waals surface area contributed by atoms with Gasteiger partial charge in [-0.2, -0.15) is 0 Å². The normalized spacial score (nSPS) is 17.7. The molecule has 0 aliphatic carbocycles. The van der Waals surface area contributed by atoms with E-state index in [0.29, 0.717) is 0 Å². The van der Waals surface area contributed by atoms with Gasteiger partial charge >= 0.3 is 0 Å². The van der Waals surface area contributed by atoms with Gasteiger partial charge in [-0.15, -0.1) is 0 Å². The van der Waals surface area contributed by atoms with Crippen LogP contribution in [0.25, 0.3) is 10.9 Å². The van der Waals surface area contributed by atoms with E-state index in [1.54, 1.807) is 0 Å². The highest BCUT2D eigenvalue weighted by Gasteiger charge is 2.16. The van der Waals surface area contributed by atoms with Crippen LogP contribution in [0.1, 0.15) is 12.8 Å². The summed E-state index contributed by atoms with van der Waals surface area (Å²) in [6.07, 6.45) is 4.45. The van der Waals surface area contributed by atoms with Crippen LogP contribution >= 0.6 is 0 Å². The first-order valence-electron chi connectivity index (χ1n) is 7.08. The second-order valence-electron chi connectivity index (χ2n) is 5.54. The molecule has 0 bridgehead atoms. The summed E-state index contributed by atoms with van der Waals surface area (Å²) in [5.41, 5.74) is 2.27. The Morgan fingerprint density at radius 3 is 2.95 bits per heavy atom. The number of likely N-dealkylation sites (tertiary alicyclic amines) is 1. The van der Waals surface area contributed by atoms with Gasteiger partial charge in [-0.1, -0.05) is 6.07 Å². The van der Waals surface area contributed by atoms with Gasteiger partial charge in [0, 0.05) is 23.8 Å². The number of fused-ring (bicyclic) bond motifs is 1. The molecule has 0 amide bonds. The minimum absolute atomic E-state index is 0.806. The molecule has 3 nitrogen and oxygen atoms in total. The molecule has 2 heterocycles. The van der Waals surface area contributed by atoms with Crippen LogP contribution in [0.5, 0.6) is 0 Å². The summed E-state index contributed by atoms with van der Waals surface area (Å²) in [5, 5.41) is 4.78. The number of nitrogens with one attached hydrogen (secondary N) is 1. The van der Waals surface area contributed by atoms with Gasteiger partial charge in [0.2, 0.25) is 0 Å². The second-order valence-corrected chi connectivity index (χ2v) is 5.54. The van der Waals surface area contributed by atoms with Crippen LogP contribution in [0.2, 0.25) is 0 Å². The number of benzene rings is 1. The third-order valence-corrected chi connectivity index (χ3v) is 4.04. The number of rotatable bonds is 3. The van der Waals surface area contributed by atoms with Crippen molar-refractivity contribution in [3.05, 3.63) is 36.5 Å². The Morgan fingerprint density at radius 1 is 1.26 bits per heavy atom. The van der Waals surface area contributed by atoms with Gasteiger partial charge in [0.05, 0.1) is 5.52 Å². The van der Waals surface area contributed by atoms with Crippen molar-refractivity contribution in [3.63, 3.8) is 0 Å². The zero-order valence-corrected chi connectivity index (χ0v) is 11.5. The monoisotopic (exact) mass is 255 g/mol. The van der Waals surface area contributed by atoms with Gasteiger partial charge in [0.25, 0.3) is 0 Å². The van der Waals surface area contributed by atoms with E-state index in [0.717, 1.165) is 18.0 Å². The topological polar surface area (TPSA) is 28.2 Å². The van der Waals surface area contributed by atoms with Gasteiger partial charge in [-0.3, -0.25) is 4.98 Å². The molecule has 100 valence electrons. The fourth-order valence-corrected chi connectivity index (χ4v) is 2.71. The maximum absolute atomic E-state index is 4.35. The van der Waals surface area contributed by atoms with Crippen LogP contribution in [-0.2, 0) is 0 Å². The maximum atomic E-state index is 4.35. The third kappa shape index (κ3) is 3.04. The minimum atomic E-state index is 0.806. The van der Waals surface area contributed by atoms with E-state index >= 15 is 0 Å². The van der Waals surface area contributed by atoms with E-state index < -0.39 is 0 Å². The lowest BCUT2D eigenvalue weighted by atomic mass is 9.97. The van der Waals surface area contributed by atoms with E-state index in [-0.39, 0.29) is 0 Å². The predicted octanol–water partition coefficient (Wildman–Crippen LogP) is 2.99. The Labute approximate surface area is 114 Å². The van der Waals surface area contributed by atoms with Crippen molar-refractivity contribution < 1.29 is 0 Å². The summed E-state index contributed by atoms with van der Waals surface area (Å²) in [4.78, 5) is 6.76. The zero-order chi connectivity index (χ0) is 13.1. The SMILES string of the molecule is CN1CCC(CNc2ccc3ncccc3c2)CC1. The molecule has 3 heteroatoms. The standard InChI is InChI=1S/C16H21N3/c1-19-9-6-13(7-10-19)12-18-15-4-5-16-14(11-15)3-2-8-17-16/h2-5,8,11,13,18H,6-7,9-10,12H2,1H3. The minimum Gasteiger partial charge on any atom is -0.385 e. The Kier molecular flexibility index (Phi) is 3.65. The molecule has 1 N–H and O–H groups in total. The summed E-state index contributed by atoms with van der Waals surface area (Å²) in [5.74, 6) is 0.806. The van der Waals surface area contributed by atoms with E-state index in [2.05, 4.69) is 46.5 Å². The Balaban J connectivity index is 1.62. The second kappa shape index (κ2) is 5.57. The lowest BCUT2D eigenvalue weighted by Crippen LogP contribution is -2.32. The molecule has 0 spiro atoms. The molecule has 3 rings (SSSR count). The molecule has 1 aliphatic heterocycles. The molecule has 1 aliphatic rings. The summed E-state index contributed by atoms with van der Waals surface area (Å²) < 4.78 is 0. The summed E-state index contributed by atoms with van der Waals surface area (Å²) in [6, 6.07) is 10.5. The highest BCUT2D eigenvalue weighted by Crippen LogP contribution is 2.20. The van der Waals surface area contributed by atoms with Crippen LogP contribution < -0.4 is 5.32 Å². The van der Waals surface area contributed by atoms with Crippen LogP contribution in [0.15, 0.2) is 36.5 Å². The lowest BCUT2D eigenvalue weighted by Gasteiger charge is -2.29. The van der Waals surface area contributed by atoms with Crippen molar-refractivity contribution in [2.24, 2.45) is 5.92 Å². The van der Waals surface area contributed by atoms with E-state index in [9.17, 15) is 0 Å². The van der Waals surface area contributed by atoms with Gasteiger partial charge in [0.1, 0.15) is 0 Å². The van der Waals surface area contributed by atoms with Crippen LogP contribution in [0.3, 0.4) is 0 Å². The molecule has 2 aromatic rings. The quantitative estimate of drug-likeness (QED) is 0.914. The molecule has 0 atom stereocenters.